The molecule has 1 nitrogen and oxygen atoms in total. The van der Waals surface area contributed by atoms with Crippen molar-refractivity contribution in [1.82, 2.24) is 5.32 Å². The molecule has 0 bridgehead atoms. The molecule has 0 saturated carbocycles. The normalized spacial score (nSPS) is 11.9. The summed E-state index contributed by atoms with van der Waals surface area (Å²) in [7, 11) is 1.74. The van der Waals surface area contributed by atoms with Crippen LogP contribution in [0.2, 0.25) is 5.02 Å². The maximum absolute atomic E-state index is 13.1. The van der Waals surface area contributed by atoms with Crippen LogP contribution < -0.4 is 5.32 Å². The maximum Gasteiger partial charge on any atom is 0.116 e. The molecule has 14 heavy (non-hydrogen) atoms. The van der Waals surface area contributed by atoms with Gasteiger partial charge in [0.1, 0.15) is 6.17 Å². The summed E-state index contributed by atoms with van der Waals surface area (Å²) in [4.78, 5) is 0. The highest BCUT2D eigenvalue weighted by atomic mass is 35.5. The molecule has 0 spiro atoms. The molecular weight excluding hydrogens is 224 g/mol. The van der Waals surface area contributed by atoms with Crippen molar-refractivity contribution in [2.45, 2.75) is 12.6 Å². The maximum atomic E-state index is 13.1. The number of halogens is 3. The van der Waals surface area contributed by atoms with E-state index < -0.39 is 6.17 Å². The molecular formula is C10H14Cl2FN. The van der Waals surface area contributed by atoms with Gasteiger partial charge in [-0.1, -0.05) is 23.7 Å². The van der Waals surface area contributed by atoms with Gasteiger partial charge < -0.3 is 5.32 Å². The number of hydrogen-bond donors (Lipinski definition) is 1. The van der Waals surface area contributed by atoms with E-state index in [1.165, 1.54) is 0 Å². The topological polar surface area (TPSA) is 12.0 Å². The lowest BCUT2D eigenvalue weighted by Gasteiger charge is -2.06. The van der Waals surface area contributed by atoms with Crippen LogP contribution in [0.4, 0.5) is 4.39 Å². The number of rotatable bonds is 4. The van der Waals surface area contributed by atoms with Gasteiger partial charge in [0.15, 0.2) is 0 Å². The standard InChI is InChI=1S/C10H13ClFN.ClH/c1-13-7-10(12)6-8-2-4-9(11)5-3-8;/h2-5,10,13H,6-7H2,1H3;1H. The molecule has 0 amide bonds. The Morgan fingerprint density at radius 2 is 1.93 bits per heavy atom. The van der Waals surface area contributed by atoms with Crippen LogP contribution in [-0.4, -0.2) is 19.8 Å². The Bertz CT molecular complexity index is 251. The molecule has 0 aliphatic heterocycles. The molecule has 4 heteroatoms. The lowest BCUT2D eigenvalue weighted by molar-refractivity contribution is 0.324. The van der Waals surface area contributed by atoms with Crippen LogP contribution in [0.15, 0.2) is 24.3 Å². The van der Waals surface area contributed by atoms with Crippen molar-refractivity contribution in [2.24, 2.45) is 0 Å². The van der Waals surface area contributed by atoms with E-state index in [-0.39, 0.29) is 12.4 Å². The Morgan fingerprint density at radius 3 is 2.43 bits per heavy atom. The number of hydrogen-bond acceptors (Lipinski definition) is 1. The molecule has 1 aromatic carbocycles. The van der Waals surface area contributed by atoms with Gasteiger partial charge in [-0.3, -0.25) is 0 Å². The van der Waals surface area contributed by atoms with E-state index in [9.17, 15) is 4.39 Å². The summed E-state index contributed by atoms with van der Waals surface area (Å²) < 4.78 is 13.1. The first kappa shape index (κ1) is 13.7. The Kier molecular flexibility index (Phi) is 6.89. The fourth-order valence-corrected chi connectivity index (χ4v) is 1.30. The van der Waals surface area contributed by atoms with Crippen LogP contribution in [0.3, 0.4) is 0 Å². The molecule has 0 aromatic heterocycles. The molecule has 1 unspecified atom stereocenters. The predicted octanol–water partition coefficient (Wildman–Crippen LogP) is 2.86. The summed E-state index contributed by atoms with van der Waals surface area (Å²) in [5.74, 6) is 0. The van der Waals surface area contributed by atoms with Crippen molar-refractivity contribution in [3.05, 3.63) is 34.9 Å². The monoisotopic (exact) mass is 237 g/mol. The lowest BCUT2D eigenvalue weighted by Crippen LogP contribution is -2.21. The van der Waals surface area contributed by atoms with Gasteiger partial charge in [-0.15, -0.1) is 12.4 Å². The molecule has 1 aromatic rings. The average molecular weight is 238 g/mol. The zero-order valence-corrected chi connectivity index (χ0v) is 9.54. The largest absolute Gasteiger partial charge is 0.317 e. The SMILES string of the molecule is CNCC(F)Cc1ccc(Cl)cc1.Cl. The molecule has 80 valence electrons. The molecule has 0 aliphatic rings. The van der Waals surface area contributed by atoms with Gasteiger partial charge in [0.05, 0.1) is 0 Å². The van der Waals surface area contributed by atoms with E-state index >= 15 is 0 Å². The summed E-state index contributed by atoms with van der Waals surface area (Å²) in [6.07, 6.45) is -0.385. The first-order valence-electron chi connectivity index (χ1n) is 4.25. The second-order valence-electron chi connectivity index (χ2n) is 2.99. The van der Waals surface area contributed by atoms with Gasteiger partial charge >= 0.3 is 0 Å². The zero-order valence-electron chi connectivity index (χ0n) is 7.97. The summed E-state index contributed by atoms with van der Waals surface area (Å²) in [5.41, 5.74) is 0.979. The van der Waals surface area contributed by atoms with Crippen LogP contribution in [0.25, 0.3) is 0 Å². The number of benzene rings is 1. The van der Waals surface area contributed by atoms with Gasteiger partial charge in [0, 0.05) is 18.0 Å². The first-order chi connectivity index (χ1) is 6.22. The third-order valence-electron chi connectivity index (χ3n) is 1.80. The highest BCUT2D eigenvalue weighted by molar-refractivity contribution is 6.30. The molecule has 1 atom stereocenters. The van der Waals surface area contributed by atoms with E-state index in [4.69, 9.17) is 11.6 Å². The summed E-state index contributed by atoms with van der Waals surface area (Å²) in [5, 5.41) is 3.49. The highest BCUT2D eigenvalue weighted by Crippen LogP contribution is 2.11. The Balaban J connectivity index is 0.00000169. The Morgan fingerprint density at radius 1 is 1.36 bits per heavy atom. The minimum Gasteiger partial charge on any atom is -0.317 e. The summed E-state index contributed by atoms with van der Waals surface area (Å²) in [6.45, 7) is 0.391. The van der Waals surface area contributed by atoms with E-state index in [2.05, 4.69) is 5.32 Å². The van der Waals surface area contributed by atoms with Crippen LogP contribution in [0.1, 0.15) is 5.56 Å². The average Bonchev–Trinajstić information content (AvgIpc) is 2.09. The molecule has 0 radical (unpaired) electrons. The van der Waals surface area contributed by atoms with Crippen LogP contribution in [0.5, 0.6) is 0 Å². The van der Waals surface area contributed by atoms with Crippen molar-refractivity contribution in [2.75, 3.05) is 13.6 Å². The van der Waals surface area contributed by atoms with Gasteiger partial charge in [-0.2, -0.15) is 0 Å². The molecule has 0 fully saturated rings. The predicted molar refractivity (Wildman–Crippen MR) is 61.2 cm³/mol. The van der Waals surface area contributed by atoms with Crippen molar-refractivity contribution >= 4 is 24.0 Å². The van der Waals surface area contributed by atoms with Crippen LogP contribution in [0, 0.1) is 0 Å². The molecule has 0 saturated heterocycles. The van der Waals surface area contributed by atoms with Crippen molar-refractivity contribution in [1.29, 1.82) is 0 Å². The minimum absolute atomic E-state index is 0. The quantitative estimate of drug-likeness (QED) is 0.850. The molecule has 0 aliphatic carbocycles. The van der Waals surface area contributed by atoms with E-state index in [0.29, 0.717) is 18.0 Å². The lowest BCUT2D eigenvalue weighted by atomic mass is 10.1. The number of nitrogens with one attached hydrogen (secondary N) is 1. The zero-order chi connectivity index (χ0) is 9.68. The summed E-state index contributed by atoms with van der Waals surface area (Å²) in [6, 6.07) is 7.26. The number of alkyl halides is 1. The van der Waals surface area contributed by atoms with E-state index in [0.717, 1.165) is 5.56 Å². The summed E-state index contributed by atoms with van der Waals surface area (Å²) >= 11 is 5.70. The van der Waals surface area contributed by atoms with Crippen molar-refractivity contribution in [3.8, 4) is 0 Å². The smallest absolute Gasteiger partial charge is 0.116 e. The first-order valence-corrected chi connectivity index (χ1v) is 4.63. The van der Waals surface area contributed by atoms with Crippen molar-refractivity contribution < 1.29 is 4.39 Å². The second-order valence-corrected chi connectivity index (χ2v) is 3.42. The third kappa shape index (κ3) is 4.80. The third-order valence-corrected chi connectivity index (χ3v) is 2.05. The fourth-order valence-electron chi connectivity index (χ4n) is 1.17. The second kappa shape index (κ2) is 7.04. The van der Waals surface area contributed by atoms with Crippen LogP contribution in [-0.2, 0) is 6.42 Å². The van der Waals surface area contributed by atoms with Gasteiger partial charge in [-0.05, 0) is 24.7 Å². The van der Waals surface area contributed by atoms with Gasteiger partial charge in [0.25, 0.3) is 0 Å². The van der Waals surface area contributed by atoms with E-state index in [1.54, 1.807) is 19.2 Å². The minimum atomic E-state index is -0.828. The van der Waals surface area contributed by atoms with Gasteiger partial charge in [0.2, 0.25) is 0 Å². The van der Waals surface area contributed by atoms with Crippen molar-refractivity contribution in [3.63, 3.8) is 0 Å². The Labute approximate surface area is 95.1 Å². The highest BCUT2D eigenvalue weighted by Gasteiger charge is 2.05. The Hall–Kier alpha value is -0.310. The van der Waals surface area contributed by atoms with E-state index in [1.807, 2.05) is 12.1 Å². The molecule has 1 N–H and O–H groups in total. The van der Waals surface area contributed by atoms with Gasteiger partial charge in [-0.25, -0.2) is 4.39 Å². The molecule has 1 rings (SSSR count). The molecule has 0 heterocycles. The van der Waals surface area contributed by atoms with Crippen LogP contribution >= 0.6 is 24.0 Å². The fraction of sp³-hybridized carbons (Fsp3) is 0.400.